The van der Waals surface area contributed by atoms with Crippen LogP contribution >= 0.6 is 34.5 Å². The Morgan fingerprint density at radius 3 is 2.65 bits per heavy atom. The van der Waals surface area contributed by atoms with Gasteiger partial charge in [0.1, 0.15) is 4.92 Å². The van der Waals surface area contributed by atoms with Crippen LogP contribution in [0.2, 0.25) is 10.0 Å². The standard InChI is InChI=1S/C14H9Cl2N5O4S/c15-8-2-1-7(5-9(8)16)6-17-13-19-20-14(26-13)18-12(22)10-3-4-11(25-10)21(23)24/h1-5H,6H2,(H,17,19)(H,18,20,22). The van der Waals surface area contributed by atoms with Crippen molar-refractivity contribution in [2.45, 2.75) is 6.54 Å². The molecule has 0 radical (unpaired) electrons. The summed E-state index contributed by atoms with van der Waals surface area (Å²) in [7, 11) is 0. The number of nitrogens with zero attached hydrogens (tertiary/aromatic N) is 3. The fourth-order valence-electron chi connectivity index (χ4n) is 1.88. The number of hydrogen-bond donors (Lipinski definition) is 2. The molecule has 0 fully saturated rings. The van der Waals surface area contributed by atoms with Crippen LogP contribution in [0.25, 0.3) is 0 Å². The fraction of sp³-hybridized carbons (Fsp3) is 0.0714. The zero-order chi connectivity index (χ0) is 18.7. The van der Waals surface area contributed by atoms with Crippen LogP contribution in [0, 0.1) is 10.1 Å². The molecule has 0 unspecified atom stereocenters. The number of rotatable bonds is 6. The third-order valence-electron chi connectivity index (χ3n) is 3.07. The van der Waals surface area contributed by atoms with E-state index in [0.29, 0.717) is 21.7 Å². The third kappa shape index (κ3) is 4.28. The van der Waals surface area contributed by atoms with Gasteiger partial charge in [0.2, 0.25) is 10.3 Å². The van der Waals surface area contributed by atoms with Crippen LogP contribution in [0.1, 0.15) is 16.1 Å². The number of carbonyl (C=O) groups is 1. The fourth-order valence-corrected chi connectivity index (χ4v) is 2.83. The number of amides is 1. The first kappa shape index (κ1) is 18.1. The lowest BCUT2D eigenvalue weighted by molar-refractivity contribution is -0.402. The zero-order valence-corrected chi connectivity index (χ0v) is 15.1. The molecule has 2 heterocycles. The van der Waals surface area contributed by atoms with Crippen LogP contribution in [0.4, 0.5) is 16.1 Å². The van der Waals surface area contributed by atoms with Gasteiger partial charge in [-0.05, 0) is 23.8 Å². The first-order valence-corrected chi connectivity index (χ1v) is 8.56. The monoisotopic (exact) mass is 413 g/mol. The molecule has 0 bridgehead atoms. The molecule has 9 nitrogen and oxygen atoms in total. The Kier molecular flexibility index (Phi) is 5.35. The van der Waals surface area contributed by atoms with Gasteiger partial charge >= 0.3 is 5.88 Å². The maximum Gasteiger partial charge on any atom is 0.433 e. The second-order valence-electron chi connectivity index (χ2n) is 4.86. The van der Waals surface area contributed by atoms with Crippen molar-refractivity contribution in [3.05, 3.63) is 61.8 Å². The van der Waals surface area contributed by atoms with E-state index in [-0.39, 0.29) is 10.9 Å². The van der Waals surface area contributed by atoms with E-state index in [1.54, 1.807) is 12.1 Å². The molecule has 1 amide bonds. The van der Waals surface area contributed by atoms with Gasteiger partial charge < -0.3 is 9.73 Å². The van der Waals surface area contributed by atoms with Crippen molar-refractivity contribution in [3.63, 3.8) is 0 Å². The quantitative estimate of drug-likeness (QED) is 0.457. The minimum absolute atomic E-state index is 0.197. The molecular weight excluding hydrogens is 405 g/mol. The Labute approximate surface area is 160 Å². The third-order valence-corrected chi connectivity index (χ3v) is 4.60. The number of nitro groups is 1. The number of carbonyl (C=O) groups excluding carboxylic acids is 1. The molecule has 0 aliphatic heterocycles. The molecule has 2 aromatic heterocycles. The van der Waals surface area contributed by atoms with E-state index in [9.17, 15) is 14.9 Å². The number of halogens is 2. The predicted molar refractivity (Wildman–Crippen MR) is 97.0 cm³/mol. The van der Waals surface area contributed by atoms with E-state index >= 15 is 0 Å². The van der Waals surface area contributed by atoms with E-state index in [4.69, 9.17) is 27.6 Å². The number of furan rings is 1. The van der Waals surface area contributed by atoms with Gasteiger partial charge in [0, 0.05) is 6.54 Å². The van der Waals surface area contributed by atoms with Gasteiger partial charge in [-0.15, -0.1) is 10.2 Å². The Morgan fingerprint density at radius 1 is 1.19 bits per heavy atom. The topological polar surface area (TPSA) is 123 Å². The minimum Gasteiger partial charge on any atom is -0.395 e. The molecule has 0 aliphatic carbocycles. The highest BCUT2D eigenvalue weighted by Gasteiger charge is 2.18. The maximum atomic E-state index is 12.0. The molecular formula is C14H9Cl2N5O4S. The van der Waals surface area contributed by atoms with E-state index in [1.165, 1.54) is 6.07 Å². The molecule has 134 valence electrons. The summed E-state index contributed by atoms with van der Waals surface area (Å²) in [5, 5.41) is 25.4. The molecule has 0 saturated carbocycles. The van der Waals surface area contributed by atoms with E-state index in [2.05, 4.69) is 20.8 Å². The normalized spacial score (nSPS) is 10.5. The van der Waals surface area contributed by atoms with Gasteiger partial charge in [0.15, 0.2) is 5.76 Å². The highest BCUT2D eigenvalue weighted by Crippen LogP contribution is 2.25. The SMILES string of the molecule is O=C(Nc1nnc(NCc2ccc(Cl)c(Cl)c2)s1)c1ccc([N+](=O)[O-])o1. The van der Waals surface area contributed by atoms with Crippen LogP contribution in [-0.2, 0) is 6.54 Å². The molecule has 12 heteroatoms. The lowest BCUT2D eigenvalue weighted by Gasteiger charge is -2.03. The Hall–Kier alpha value is -2.69. The summed E-state index contributed by atoms with van der Waals surface area (Å²) in [4.78, 5) is 21.8. The zero-order valence-electron chi connectivity index (χ0n) is 12.7. The average molecular weight is 414 g/mol. The van der Waals surface area contributed by atoms with Crippen LogP contribution in [0.15, 0.2) is 34.7 Å². The van der Waals surface area contributed by atoms with Crippen molar-refractivity contribution >= 4 is 56.6 Å². The first-order chi connectivity index (χ1) is 12.4. The Balaban J connectivity index is 1.59. The van der Waals surface area contributed by atoms with Crippen molar-refractivity contribution in [3.8, 4) is 0 Å². The van der Waals surface area contributed by atoms with Crippen molar-refractivity contribution in [1.29, 1.82) is 0 Å². The largest absolute Gasteiger partial charge is 0.433 e. The van der Waals surface area contributed by atoms with Crippen molar-refractivity contribution < 1.29 is 14.1 Å². The Morgan fingerprint density at radius 2 is 1.96 bits per heavy atom. The summed E-state index contributed by atoms with van der Waals surface area (Å²) in [6.45, 7) is 0.434. The van der Waals surface area contributed by atoms with Gasteiger partial charge in [-0.1, -0.05) is 40.6 Å². The highest BCUT2D eigenvalue weighted by molar-refractivity contribution is 7.19. The molecule has 3 aromatic rings. The predicted octanol–water partition coefficient (Wildman–Crippen LogP) is 4.21. The Bertz CT molecular complexity index is 974. The van der Waals surface area contributed by atoms with Crippen molar-refractivity contribution in [2.75, 3.05) is 10.6 Å². The van der Waals surface area contributed by atoms with Crippen LogP contribution < -0.4 is 10.6 Å². The molecule has 0 spiro atoms. The number of hydrogen-bond acceptors (Lipinski definition) is 8. The van der Waals surface area contributed by atoms with Gasteiger partial charge in [-0.25, -0.2) is 0 Å². The van der Waals surface area contributed by atoms with Crippen LogP contribution in [0.5, 0.6) is 0 Å². The summed E-state index contributed by atoms with van der Waals surface area (Å²) in [6, 6.07) is 7.53. The number of anilines is 2. The lowest BCUT2D eigenvalue weighted by Crippen LogP contribution is -2.10. The average Bonchev–Trinajstić information content (AvgIpc) is 3.25. The van der Waals surface area contributed by atoms with Gasteiger partial charge in [-0.2, -0.15) is 0 Å². The molecule has 0 saturated heterocycles. The minimum atomic E-state index is -0.729. The van der Waals surface area contributed by atoms with Crippen LogP contribution in [0.3, 0.4) is 0 Å². The van der Waals surface area contributed by atoms with Gasteiger partial charge in [0.05, 0.1) is 16.1 Å². The summed E-state index contributed by atoms with van der Waals surface area (Å²) in [6.07, 6.45) is 0. The van der Waals surface area contributed by atoms with E-state index < -0.39 is 16.7 Å². The maximum absolute atomic E-state index is 12.0. The summed E-state index contributed by atoms with van der Waals surface area (Å²) in [5.41, 5.74) is 0.892. The number of benzene rings is 1. The molecule has 1 aromatic carbocycles. The summed E-state index contributed by atoms with van der Waals surface area (Å²) < 4.78 is 4.82. The molecule has 2 N–H and O–H groups in total. The molecule has 0 aliphatic rings. The second-order valence-corrected chi connectivity index (χ2v) is 6.66. The lowest BCUT2D eigenvalue weighted by atomic mass is 10.2. The van der Waals surface area contributed by atoms with Crippen molar-refractivity contribution in [1.82, 2.24) is 10.2 Å². The first-order valence-electron chi connectivity index (χ1n) is 6.99. The summed E-state index contributed by atoms with van der Waals surface area (Å²) in [5.74, 6) is -1.38. The molecule has 0 atom stereocenters. The number of aromatic nitrogens is 2. The molecule has 26 heavy (non-hydrogen) atoms. The van der Waals surface area contributed by atoms with Crippen molar-refractivity contribution in [2.24, 2.45) is 0 Å². The number of nitrogens with one attached hydrogen (secondary N) is 2. The smallest absolute Gasteiger partial charge is 0.395 e. The van der Waals surface area contributed by atoms with Crippen LogP contribution in [-0.4, -0.2) is 21.0 Å². The molecule has 3 rings (SSSR count). The highest BCUT2D eigenvalue weighted by atomic mass is 35.5. The second kappa shape index (κ2) is 7.68. The van der Waals surface area contributed by atoms with Gasteiger partial charge in [-0.3, -0.25) is 20.2 Å². The van der Waals surface area contributed by atoms with E-state index in [0.717, 1.165) is 23.0 Å². The van der Waals surface area contributed by atoms with E-state index in [1.807, 2.05) is 6.07 Å². The van der Waals surface area contributed by atoms with Gasteiger partial charge in [0.25, 0.3) is 5.91 Å². The summed E-state index contributed by atoms with van der Waals surface area (Å²) >= 11 is 12.9.